The summed E-state index contributed by atoms with van der Waals surface area (Å²) in [4.78, 5) is 18.2. The van der Waals surface area contributed by atoms with E-state index in [-0.39, 0.29) is 12.2 Å². The fourth-order valence-corrected chi connectivity index (χ4v) is 4.97. The lowest BCUT2D eigenvalue weighted by Gasteiger charge is -2.13. The van der Waals surface area contributed by atoms with Gasteiger partial charge in [-0.25, -0.2) is 9.38 Å². The van der Waals surface area contributed by atoms with Crippen molar-refractivity contribution < 1.29 is 9.47 Å². The molecule has 32 heavy (non-hydrogen) atoms. The topological polar surface area (TPSA) is 52.8 Å². The first-order valence-electron chi connectivity index (χ1n) is 9.70. The van der Waals surface area contributed by atoms with Gasteiger partial charge >= 0.3 is 0 Å². The predicted octanol–water partition coefficient (Wildman–Crippen LogP) is 5.35. The Hall–Kier alpha value is -3.06. The minimum Gasteiger partial charge on any atom is -0.493 e. The first-order valence-corrected chi connectivity index (χ1v) is 11.3. The molecule has 5 nitrogen and oxygen atoms in total. The van der Waals surface area contributed by atoms with Crippen molar-refractivity contribution in [3.8, 4) is 11.5 Å². The van der Waals surface area contributed by atoms with Crippen molar-refractivity contribution in [3.63, 3.8) is 0 Å². The van der Waals surface area contributed by atoms with Gasteiger partial charge in [-0.1, -0.05) is 58.8 Å². The summed E-state index contributed by atoms with van der Waals surface area (Å²) in [6.07, 6.45) is 1.83. The van der Waals surface area contributed by atoms with E-state index in [0.717, 1.165) is 16.6 Å². The smallest absolute Gasteiger partial charge is 0.274 e. The van der Waals surface area contributed by atoms with Gasteiger partial charge in [0.15, 0.2) is 16.5 Å². The standard InChI is InChI=1S/C24H16Cl2N2O3S/c1-30-21-11-14(9-10-20(21)31-13-15-16(25)5-4-6-17(15)26)12-22-23(29)28-19-8-3-2-7-18(19)27-24(28)32-22/h2-12H,13H2,1H3/b22-12-. The molecule has 0 amide bonds. The molecule has 0 fully saturated rings. The molecule has 0 atom stereocenters. The summed E-state index contributed by atoms with van der Waals surface area (Å²) in [5.41, 5.74) is 3.05. The average Bonchev–Trinajstić information content (AvgIpc) is 3.30. The molecule has 160 valence electrons. The fraction of sp³-hybridized carbons (Fsp3) is 0.0833. The monoisotopic (exact) mass is 482 g/mol. The second-order valence-electron chi connectivity index (χ2n) is 7.03. The molecule has 3 aromatic carbocycles. The van der Waals surface area contributed by atoms with Crippen molar-refractivity contribution in [1.29, 1.82) is 0 Å². The van der Waals surface area contributed by atoms with Crippen LogP contribution in [0.5, 0.6) is 11.5 Å². The van der Waals surface area contributed by atoms with E-state index in [9.17, 15) is 4.79 Å². The van der Waals surface area contributed by atoms with E-state index in [0.29, 0.717) is 36.6 Å². The van der Waals surface area contributed by atoms with Gasteiger partial charge in [0.2, 0.25) is 0 Å². The van der Waals surface area contributed by atoms with Crippen LogP contribution in [0.2, 0.25) is 10.0 Å². The zero-order valence-electron chi connectivity index (χ0n) is 16.8. The van der Waals surface area contributed by atoms with Gasteiger partial charge in [0, 0.05) is 15.6 Å². The molecule has 2 aromatic heterocycles. The molecule has 5 rings (SSSR count). The van der Waals surface area contributed by atoms with Gasteiger partial charge in [0.25, 0.3) is 5.56 Å². The molecule has 0 aliphatic rings. The molecule has 0 aliphatic carbocycles. The van der Waals surface area contributed by atoms with Gasteiger partial charge in [-0.05, 0) is 48.0 Å². The summed E-state index contributed by atoms with van der Waals surface area (Å²) in [7, 11) is 1.57. The number of methoxy groups -OCH3 is 1. The SMILES string of the molecule is COc1cc(/C=c2\sc3nc4ccccc4n3c2=O)ccc1OCc1c(Cl)cccc1Cl. The molecule has 0 radical (unpaired) electrons. The predicted molar refractivity (Wildman–Crippen MR) is 129 cm³/mol. The Morgan fingerprint density at radius 1 is 1.03 bits per heavy atom. The molecule has 0 saturated heterocycles. The lowest BCUT2D eigenvalue weighted by molar-refractivity contribution is 0.284. The van der Waals surface area contributed by atoms with Crippen molar-refractivity contribution in [2.24, 2.45) is 0 Å². The normalized spacial score (nSPS) is 12.0. The Balaban J connectivity index is 1.48. The second kappa shape index (κ2) is 8.47. The average molecular weight is 483 g/mol. The lowest BCUT2D eigenvalue weighted by Crippen LogP contribution is -2.22. The molecule has 2 heterocycles. The summed E-state index contributed by atoms with van der Waals surface area (Å²) in [6.45, 7) is 0.206. The molecule has 0 aliphatic heterocycles. The van der Waals surface area contributed by atoms with Crippen molar-refractivity contribution in [2.45, 2.75) is 6.61 Å². The number of halogens is 2. The molecule has 8 heteroatoms. The minimum absolute atomic E-state index is 0.0913. The van der Waals surface area contributed by atoms with Crippen LogP contribution >= 0.6 is 34.5 Å². The third-order valence-corrected chi connectivity index (χ3v) is 6.74. The Kier molecular flexibility index (Phi) is 5.51. The van der Waals surface area contributed by atoms with Gasteiger partial charge in [-0.15, -0.1) is 0 Å². The highest BCUT2D eigenvalue weighted by Crippen LogP contribution is 2.31. The van der Waals surface area contributed by atoms with E-state index < -0.39 is 0 Å². The maximum absolute atomic E-state index is 13.0. The number of ether oxygens (including phenoxy) is 2. The molecule has 5 aromatic rings. The van der Waals surface area contributed by atoms with Crippen LogP contribution in [0.1, 0.15) is 11.1 Å². The second-order valence-corrected chi connectivity index (χ2v) is 8.86. The van der Waals surface area contributed by atoms with Crippen molar-refractivity contribution in [2.75, 3.05) is 7.11 Å². The van der Waals surface area contributed by atoms with Gasteiger partial charge in [-0.2, -0.15) is 0 Å². The van der Waals surface area contributed by atoms with E-state index in [1.165, 1.54) is 11.3 Å². The summed E-state index contributed by atoms with van der Waals surface area (Å²) < 4.78 is 13.6. The van der Waals surface area contributed by atoms with Crippen LogP contribution in [0.15, 0.2) is 65.5 Å². The fourth-order valence-electron chi connectivity index (χ4n) is 3.48. The zero-order chi connectivity index (χ0) is 22.2. The van der Waals surface area contributed by atoms with Crippen LogP contribution in [-0.2, 0) is 6.61 Å². The van der Waals surface area contributed by atoms with E-state index >= 15 is 0 Å². The molecular formula is C24H16Cl2N2O3S. The number of rotatable bonds is 5. The molecular weight excluding hydrogens is 467 g/mol. The first-order chi connectivity index (χ1) is 15.5. The zero-order valence-corrected chi connectivity index (χ0v) is 19.2. The van der Waals surface area contributed by atoms with Crippen molar-refractivity contribution in [3.05, 3.63) is 96.7 Å². The van der Waals surface area contributed by atoms with Crippen LogP contribution in [0, 0.1) is 0 Å². The van der Waals surface area contributed by atoms with E-state index in [1.807, 2.05) is 42.5 Å². The number of nitrogens with zero attached hydrogens (tertiary/aromatic N) is 2. The molecule has 0 unspecified atom stereocenters. The quantitative estimate of drug-likeness (QED) is 0.338. The van der Waals surface area contributed by atoms with Crippen molar-refractivity contribution >= 4 is 56.6 Å². The van der Waals surface area contributed by atoms with E-state index in [2.05, 4.69) is 4.98 Å². The maximum Gasteiger partial charge on any atom is 0.274 e. The number of hydrogen-bond donors (Lipinski definition) is 0. The van der Waals surface area contributed by atoms with Crippen LogP contribution in [0.4, 0.5) is 0 Å². The Morgan fingerprint density at radius 2 is 1.81 bits per heavy atom. The number of hydrogen-bond acceptors (Lipinski definition) is 5. The largest absolute Gasteiger partial charge is 0.493 e. The van der Waals surface area contributed by atoms with E-state index in [4.69, 9.17) is 32.7 Å². The lowest BCUT2D eigenvalue weighted by atomic mass is 10.2. The number of imidazole rings is 1. The Bertz CT molecular complexity index is 1560. The summed E-state index contributed by atoms with van der Waals surface area (Å²) >= 11 is 13.8. The minimum atomic E-state index is -0.0913. The molecule has 0 N–H and O–H groups in total. The number of para-hydroxylation sites is 2. The summed E-state index contributed by atoms with van der Waals surface area (Å²) in [6, 6.07) is 18.4. The number of aromatic nitrogens is 2. The maximum atomic E-state index is 13.0. The summed E-state index contributed by atoms with van der Waals surface area (Å²) in [5, 5.41) is 1.08. The molecule has 0 saturated carbocycles. The Morgan fingerprint density at radius 3 is 2.59 bits per heavy atom. The van der Waals surface area contributed by atoms with Crippen LogP contribution < -0.4 is 19.6 Å². The first kappa shape index (κ1) is 20.8. The number of fused-ring (bicyclic) bond motifs is 3. The molecule has 0 spiro atoms. The van der Waals surface area contributed by atoms with Crippen LogP contribution in [0.3, 0.4) is 0 Å². The highest BCUT2D eigenvalue weighted by molar-refractivity contribution is 7.15. The number of benzene rings is 3. The van der Waals surface area contributed by atoms with Crippen molar-refractivity contribution in [1.82, 2.24) is 9.38 Å². The van der Waals surface area contributed by atoms with Gasteiger partial charge in [0.1, 0.15) is 6.61 Å². The third kappa shape index (κ3) is 3.71. The van der Waals surface area contributed by atoms with E-state index in [1.54, 1.807) is 35.8 Å². The van der Waals surface area contributed by atoms with Gasteiger partial charge in [0.05, 0.1) is 22.7 Å². The highest BCUT2D eigenvalue weighted by atomic mass is 35.5. The third-order valence-electron chi connectivity index (χ3n) is 5.06. The Labute approximate surface area is 197 Å². The van der Waals surface area contributed by atoms with Crippen LogP contribution in [0.25, 0.3) is 22.1 Å². The summed E-state index contributed by atoms with van der Waals surface area (Å²) in [5.74, 6) is 1.09. The number of thiazole rings is 1. The van der Waals surface area contributed by atoms with Gasteiger partial charge < -0.3 is 9.47 Å². The van der Waals surface area contributed by atoms with Gasteiger partial charge in [-0.3, -0.25) is 4.79 Å². The highest BCUT2D eigenvalue weighted by Gasteiger charge is 2.12. The molecule has 0 bridgehead atoms. The van der Waals surface area contributed by atoms with Crippen LogP contribution in [-0.4, -0.2) is 16.5 Å².